The molecule has 0 spiro atoms. The quantitative estimate of drug-likeness (QED) is 0.291. The van der Waals surface area contributed by atoms with E-state index in [1.807, 2.05) is 45.0 Å². The van der Waals surface area contributed by atoms with Crippen LogP contribution in [-0.4, -0.2) is 44.1 Å². The zero-order valence-electron chi connectivity index (χ0n) is 16.5. The van der Waals surface area contributed by atoms with Crippen molar-refractivity contribution in [1.82, 2.24) is 16.0 Å². The van der Waals surface area contributed by atoms with E-state index in [-0.39, 0.29) is 42.0 Å². The number of ether oxygens (including phenoxy) is 1. The lowest BCUT2D eigenvalue weighted by molar-refractivity contribution is -0.121. The smallest absolute Gasteiger partial charge is 0.221 e. The molecule has 0 radical (unpaired) electrons. The van der Waals surface area contributed by atoms with Gasteiger partial charge in [0.2, 0.25) is 5.91 Å². The Bertz CT molecular complexity index is 566. The van der Waals surface area contributed by atoms with Crippen molar-refractivity contribution in [2.75, 3.05) is 20.1 Å². The van der Waals surface area contributed by atoms with Gasteiger partial charge in [0, 0.05) is 26.1 Å². The van der Waals surface area contributed by atoms with E-state index in [2.05, 4.69) is 27.9 Å². The fourth-order valence-electron chi connectivity index (χ4n) is 2.15. The van der Waals surface area contributed by atoms with Crippen LogP contribution in [0.3, 0.4) is 0 Å². The standard InChI is InChI=1S/C19H32N4O2.HI/c1-6-15(3)23-18(24)11-12-21-19(20-5)22-13-16(4)25-17-10-8-7-9-14(17)2;/h7-10,15-16H,6,11-13H2,1-5H3,(H,23,24)(H2,20,21,22);1H. The molecule has 3 N–H and O–H groups in total. The number of aryl methyl sites for hydroxylation is 1. The number of nitrogens with zero attached hydrogens (tertiary/aromatic N) is 1. The number of guanidine groups is 1. The molecule has 2 atom stereocenters. The van der Waals surface area contributed by atoms with Crippen LogP contribution < -0.4 is 20.7 Å². The molecule has 0 bridgehead atoms. The van der Waals surface area contributed by atoms with Gasteiger partial charge in [-0.1, -0.05) is 25.1 Å². The van der Waals surface area contributed by atoms with Crippen LogP contribution in [0.2, 0.25) is 0 Å². The van der Waals surface area contributed by atoms with Crippen molar-refractivity contribution in [3.8, 4) is 5.75 Å². The molecule has 0 aromatic heterocycles. The lowest BCUT2D eigenvalue weighted by Gasteiger charge is -2.19. The molecule has 2 unspecified atom stereocenters. The van der Waals surface area contributed by atoms with Crippen molar-refractivity contribution in [3.05, 3.63) is 29.8 Å². The lowest BCUT2D eigenvalue weighted by Crippen LogP contribution is -2.43. The van der Waals surface area contributed by atoms with E-state index in [9.17, 15) is 4.79 Å². The maximum absolute atomic E-state index is 11.8. The van der Waals surface area contributed by atoms with Crippen molar-refractivity contribution in [3.63, 3.8) is 0 Å². The molecule has 26 heavy (non-hydrogen) atoms. The second-order valence-corrected chi connectivity index (χ2v) is 6.20. The molecule has 148 valence electrons. The topological polar surface area (TPSA) is 74.8 Å². The Morgan fingerprint density at radius 3 is 2.54 bits per heavy atom. The summed E-state index contributed by atoms with van der Waals surface area (Å²) in [6.45, 7) is 9.24. The Hall–Kier alpha value is -1.51. The number of rotatable bonds is 9. The van der Waals surface area contributed by atoms with Gasteiger partial charge in [0.05, 0.1) is 6.54 Å². The number of halogens is 1. The number of amides is 1. The van der Waals surface area contributed by atoms with Gasteiger partial charge >= 0.3 is 0 Å². The summed E-state index contributed by atoms with van der Waals surface area (Å²) in [7, 11) is 1.71. The third kappa shape index (κ3) is 9.84. The van der Waals surface area contributed by atoms with Gasteiger partial charge < -0.3 is 20.7 Å². The van der Waals surface area contributed by atoms with Gasteiger partial charge in [-0.25, -0.2) is 0 Å². The summed E-state index contributed by atoms with van der Waals surface area (Å²) in [5.41, 5.74) is 1.11. The van der Waals surface area contributed by atoms with Gasteiger partial charge in [0.1, 0.15) is 11.9 Å². The second kappa shape index (κ2) is 13.7. The van der Waals surface area contributed by atoms with Crippen molar-refractivity contribution in [2.45, 2.75) is 52.7 Å². The van der Waals surface area contributed by atoms with Crippen LogP contribution in [0.5, 0.6) is 5.75 Å². The molecule has 0 fully saturated rings. The Balaban J connectivity index is 0.00000625. The van der Waals surface area contributed by atoms with Crippen molar-refractivity contribution < 1.29 is 9.53 Å². The fourth-order valence-corrected chi connectivity index (χ4v) is 2.15. The van der Waals surface area contributed by atoms with E-state index in [0.717, 1.165) is 17.7 Å². The monoisotopic (exact) mass is 476 g/mol. The van der Waals surface area contributed by atoms with Crippen LogP contribution >= 0.6 is 24.0 Å². The molecule has 6 nitrogen and oxygen atoms in total. The average molecular weight is 476 g/mol. The van der Waals surface area contributed by atoms with E-state index < -0.39 is 0 Å². The van der Waals surface area contributed by atoms with Crippen molar-refractivity contribution in [1.29, 1.82) is 0 Å². The summed E-state index contributed by atoms with van der Waals surface area (Å²) in [5, 5.41) is 9.31. The Labute approximate surface area is 174 Å². The molecular weight excluding hydrogens is 443 g/mol. The summed E-state index contributed by atoms with van der Waals surface area (Å²) in [6, 6.07) is 8.17. The average Bonchev–Trinajstić information content (AvgIpc) is 2.59. The van der Waals surface area contributed by atoms with Gasteiger partial charge in [-0.3, -0.25) is 9.79 Å². The van der Waals surface area contributed by atoms with Crippen LogP contribution in [-0.2, 0) is 4.79 Å². The van der Waals surface area contributed by atoms with Crippen molar-refractivity contribution in [2.24, 2.45) is 4.99 Å². The number of hydrogen-bond acceptors (Lipinski definition) is 3. The van der Waals surface area contributed by atoms with Gasteiger partial charge in [-0.2, -0.15) is 0 Å². The van der Waals surface area contributed by atoms with Crippen LogP contribution in [0.1, 0.15) is 39.2 Å². The third-order valence-electron chi connectivity index (χ3n) is 3.87. The number of carbonyl (C=O) groups excluding carboxylic acids is 1. The molecule has 0 saturated carbocycles. The van der Waals surface area contributed by atoms with Crippen LogP contribution in [0.4, 0.5) is 0 Å². The number of aliphatic imine (C=N–C) groups is 1. The molecular formula is C19H33IN4O2. The molecule has 0 aliphatic rings. The highest BCUT2D eigenvalue weighted by atomic mass is 127. The maximum Gasteiger partial charge on any atom is 0.221 e. The number of carbonyl (C=O) groups is 1. The summed E-state index contributed by atoms with van der Waals surface area (Å²) < 4.78 is 5.93. The van der Waals surface area contributed by atoms with Crippen LogP contribution in [0, 0.1) is 6.92 Å². The first-order valence-electron chi connectivity index (χ1n) is 8.92. The first kappa shape index (κ1) is 24.5. The van der Waals surface area contributed by atoms with Crippen molar-refractivity contribution >= 4 is 35.8 Å². The molecule has 0 aliphatic heterocycles. The molecule has 7 heteroatoms. The summed E-state index contributed by atoms with van der Waals surface area (Å²) >= 11 is 0. The Kier molecular flexibility index (Phi) is 12.9. The van der Waals surface area contributed by atoms with Gasteiger partial charge in [-0.05, 0) is 38.8 Å². The molecule has 0 aliphatic carbocycles. The van der Waals surface area contributed by atoms with E-state index in [0.29, 0.717) is 25.5 Å². The molecule has 0 heterocycles. The van der Waals surface area contributed by atoms with Gasteiger partial charge in [0.15, 0.2) is 5.96 Å². The molecule has 1 aromatic rings. The number of benzene rings is 1. The highest BCUT2D eigenvalue weighted by molar-refractivity contribution is 14.0. The second-order valence-electron chi connectivity index (χ2n) is 6.20. The number of para-hydroxylation sites is 1. The highest BCUT2D eigenvalue weighted by Crippen LogP contribution is 2.17. The predicted octanol–water partition coefficient (Wildman–Crippen LogP) is 2.85. The largest absolute Gasteiger partial charge is 0.489 e. The summed E-state index contributed by atoms with van der Waals surface area (Å²) in [4.78, 5) is 15.9. The highest BCUT2D eigenvalue weighted by Gasteiger charge is 2.08. The minimum Gasteiger partial charge on any atom is -0.489 e. The first-order valence-corrected chi connectivity index (χ1v) is 8.92. The van der Waals surface area contributed by atoms with E-state index in [4.69, 9.17) is 4.74 Å². The molecule has 1 amide bonds. The Morgan fingerprint density at radius 2 is 1.92 bits per heavy atom. The predicted molar refractivity (Wildman–Crippen MR) is 119 cm³/mol. The van der Waals surface area contributed by atoms with Crippen LogP contribution in [0.25, 0.3) is 0 Å². The summed E-state index contributed by atoms with van der Waals surface area (Å²) in [5.74, 6) is 1.60. The third-order valence-corrected chi connectivity index (χ3v) is 3.87. The van der Waals surface area contributed by atoms with Gasteiger partial charge in [0.25, 0.3) is 0 Å². The molecule has 0 saturated heterocycles. The summed E-state index contributed by atoms with van der Waals surface area (Å²) in [6.07, 6.45) is 1.34. The number of nitrogens with one attached hydrogen (secondary N) is 3. The van der Waals surface area contributed by atoms with E-state index in [1.165, 1.54) is 0 Å². The molecule has 1 rings (SSSR count). The first-order chi connectivity index (χ1) is 12.0. The maximum atomic E-state index is 11.8. The van der Waals surface area contributed by atoms with Crippen LogP contribution in [0.15, 0.2) is 29.3 Å². The number of hydrogen-bond donors (Lipinski definition) is 3. The van der Waals surface area contributed by atoms with E-state index >= 15 is 0 Å². The molecule has 1 aromatic carbocycles. The zero-order chi connectivity index (χ0) is 18.7. The normalized spacial score (nSPS) is 13.2. The lowest BCUT2D eigenvalue weighted by atomic mass is 10.2. The SMILES string of the molecule is CCC(C)NC(=O)CCNC(=NC)NCC(C)Oc1ccccc1C.I. The zero-order valence-corrected chi connectivity index (χ0v) is 18.8. The fraction of sp³-hybridized carbons (Fsp3) is 0.579. The van der Waals surface area contributed by atoms with Gasteiger partial charge in [-0.15, -0.1) is 24.0 Å². The minimum absolute atomic E-state index is 0. The Morgan fingerprint density at radius 1 is 1.23 bits per heavy atom. The minimum atomic E-state index is -0.00616. The van der Waals surface area contributed by atoms with E-state index in [1.54, 1.807) is 7.05 Å².